The molecule has 1 heterocycles. The van der Waals surface area contributed by atoms with Crippen LogP contribution in [0.3, 0.4) is 0 Å². The lowest BCUT2D eigenvalue weighted by Crippen LogP contribution is -2.44. The molecule has 16 heavy (non-hydrogen) atoms. The maximum absolute atomic E-state index is 11.5. The van der Waals surface area contributed by atoms with Gasteiger partial charge >= 0.3 is 0 Å². The average molecular weight is 224 g/mol. The molecule has 0 aliphatic carbocycles. The molecule has 5 nitrogen and oxygen atoms in total. The fourth-order valence-corrected chi connectivity index (χ4v) is 1.30. The van der Waals surface area contributed by atoms with Crippen LogP contribution < -0.4 is 11.1 Å². The number of hydrogen-bond donors (Lipinski definition) is 2. The molecule has 1 amide bonds. The van der Waals surface area contributed by atoms with Crippen molar-refractivity contribution in [1.82, 2.24) is 15.1 Å². The van der Waals surface area contributed by atoms with Crippen molar-refractivity contribution in [3.05, 3.63) is 18.0 Å². The van der Waals surface area contributed by atoms with Crippen LogP contribution in [-0.4, -0.2) is 28.3 Å². The summed E-state index contributed by atoms with van der Waals surface area (Å²) < 4.78 is 1.80. The van der Waals surface area contributed by atoms with E-state index in [9.17, 15) is 4.79 Å². The predicted octanol–water partition coefficient (Wildman–Crippen LogP) is 0.291. The van der Waals surface area contributed by atoms with Gasteiger partial charge in [-0.2, -0.15) is 5.10 Å². The molecule has 1 aromatic rings. The van der Waals surface area contributed by atoms with E-state index in [1.807, 2.05) is 27.0 Å². The second-order valence-electron chi connectivity index (χ2n) is 4.34. The topological polar surface area (TPSA) is 72.9 Å². The van der Waals surface area contributed by atoms with Crippen LogP contribution in [0.1, 0.15) is 19.4 Å². The van der Waals surface area contributed by atoms with Crippen molar-refractivity contribution in [3.63, 3.8) is 0 Å². The molecule has 0 unspecified atom stereocenters. The molecule has 90 valence electrons. The van der Waals surface area contributed by atoms with Crippen LogP contribution in [0.25, 0.3) is 0 Å². The Bertz CT molecular complexity index is 346. The minimum Gasteiger partial charge on any atom is -0.353 e. The zero-order valence-corrected chi connectivity index (χ0v) is 10.1. The molecule has 0 spiro atoms. The van der Waals surface area contributed by atoms with Gasteiger partial charge in [-0.25, -0.2) is 0 Å². The van der Waals surface area contributed by atoms with E-state index in [0.717, 1.165) is 5.56 Å². The van der Waals surface area contributed by atoms with Gasteiger partial charge in [0.25, 0.3) is 0 Å². The molecular formula is C11H20N4O. The molecule has 1 atom stereocenters. The maximum atomic E-state index is 11.5. The summed E-state index contributed by atoms with van der Waals surface area (Å²) >= 11 is 0. The van der Waals surface area contributed by atoms with Crippen LogP contribution in [0.2, 0.25) is 0 Å². The standard InChI is InChI=1S/C11H20N4O/c1-8(2)10(12)11(16)13-4-5-15-7-9(3)6-14-15/h6-8,10H,4-5,12H2,1-3H3,(H,13,16)/t10-/m1/s1. The van der Waals surface area contributed by atoms with Crippen LogP contribution in [0.15, 0.2) is 12.4 Å². The molecule has 0 aliphatic rings. The first kappa shape index (κ1) is 12.7. The molecule has 0 bridgehead atoms. The summed E-state index contributed by atoms with van der Waals surface area (Å²) in [6, 6.07) is -0.431. The molecule has 0 aliphatic heterocycles. The first-order valence-electron chi connectivity index (χ1n) is 5.53. The largest absolute Gasteiger partial charge is 0.353 e. The summed E-state index contributed by atoms with van der Waals surface area (Å²) in [6.45, 7) is 7.07. The Balaban J connectivity index is 2.28. The van der Waals surface area contributed by atoms with Gasteiger partial charge in [0.05, 0.1) is 18.8 Å². The van der Waals surface area contributed by atoms with E-state index in [2.05, 4.69) is 10.4 Å². The molecule has 0 fully saturated rings. The molecule has 3 N–H and O–H groups in total. The summed E-state index contributed by atoms with van der Waals surface area (Å²) in [7, 11) is 0. The van der Waals surface area contributed by atoms with Gasteiger partial charge in [0.1, 0.15) is 0 Å². The Kier molecular flexibility index (Phi) is 4.49. The van der Waals surface area contributed by atoms with E-state index in [-0.39, 0.29) is 11.8 Å². The summed E-state index contributed by atoms with van der Waals surface area (Å²) in [5.74, 6) is 0.0609. The van der Waals surface area contributed by atoms with Crippen molar-refractivity contribution in [1.29, 1.82) is 0 Å². The summed E-state index contributed by atoms with van der Waals surface area (Å²) in [5, 5.41) is 6.92. The fourth-order valence-electron chi connectivity index (χ4n) is 1.30. The zero-order valence-electron chi connectivity index (χ0n) is 10.1. The second-order valence-corrected chi connectivity index (χ2v) is 4.34. The first-order chi connectivity index (χ1) is 7.50. The normalized spacial score (nSPS) is 12.8. The van der Waals surface area contributed by atoms with Crippen LogP contribution in [0.5, 0.6) is 0 Å². The number of nitrogens with one attached hydrogen (secondary N) is 1. The molecule has 1 aromatic heterocycles. The molecule has 1 rings (SSSR count). The highest BCUT2D eigenvalue weighted by Crippen LogP contribution is 1.97. The number of amides is 1. The Labute approximate surface area is 96.0 Å². The minimum absolute atomic E-state index is 0.0983. The number of carbonyl (C=O) groups excluding carboxylic acids is 1. The van der Waals surface area contributed by atoms with Crippen molar-refractivity contribution >= 4 is 5.91 Å². The highest BCUT2D eigenvalue weighted by molar-refractivity contribution is 5.81. The lowest BCUT2D eigenvalue weighted by atomic mass is 10.1. The third-order valence-corrected chi connectivity index (χ3v) is 2.42. The smallest absolute Gasteiger partial charge is 0.237 e. The number of hydrogen-bond acceptors (Lipinski definition) is 3. The fraction of sp³-hybridized carbons (Fsp3) is 0.636. The molecule has 0 aromatic carbocycles. The molecule has 5 heteroatoms. The van der Waals surface area contributed by atoms with E-state index >= 15 is 0 Å². The molecule has 0 saturated heterocycles. The SMILES string of the molecule is Cc1cnn(CCNC(=O)[C@H](N)C(C)C)c1. The summed E-state index contributed by atoms with van der Waals surface area (Å²) in [5.41, 5.74) is 6.83. The van der Waals surface area contributed by atoms with Gasteiger partial charge in [-0.1, -0.05) is 13.8 Å². The summed E-state index contributed by atoms with van der Waals surface area (Å²) in [6.07, 6.45) is 3.73. The lowest BCUT2D eigenvalue weighted by Gasteiger charge is -2.15. The van der Waals surface area contributed by atoms with Crippen molar-refractivity contribution in [2.75, 3.05) is 6.54 Å². The number of rotatable bonds is 5. The Hall–Kier alpha value is -1.36. The Morgan fingerprint density at radius 3 is 2.81 bits per heavy atom. The van der Waals surface area contributed by atoms with Crippen molar-refractivity contribution < 1.29 is 4.79 Å². The number of carbonyl (C=O) groups is 1. The van der Waals surface area contributed by atoms with Gasteiger partial charge in [-0.3, -0.25) is 9.48 Å². The maximum Gasteiger partial charge on any atom is 0.237 e. The van der Waals surface area contributed by atoms with E-state index in [1.165, 1.54) is 0 Å². The third-order valence-electron chi connectivity index (χ3n) is 2.42. The minimum atomic E-state index is -0.431. The number of aryl methyl sites for hydroxylation is 1. The van der Waals surface area contributed by atoms with Gasteiger partial charge in [0.15, 0.2) is 0 Å². The predicted molar refractivity (Wildman–Crippen MR) is 62.8 cm³/mol. The zero-order chi connectivity index (χ0) is 12.1. The van der Waals surface area contributed by atoms with Crippen LogP contribution in [0.4, 0.5) is 0 Å². The van der Waals surface area contributed by atoms with Crippen molar-refractivity contribution in [2.24, 2.45) is 11.7 Å². The van der Waals surface area contributed by atoms with Crippen molar-refractivity contribution in [3.8, 4) is 0 Å². The van der Waals surface area contributed by atoms with Gasteiger partial charge in [0, 0.05) is 12.7 Å². The highest BCUT2D eigenvalue weighted by Gasteiger charge is 2.16. The molecule has 0 radical (unpaired) electrons. The van der Waals surface area contributed by atoms with Crippen molar-refractivity contribution in [2.45, 2.75) is 33.4 Å². The molecule has 0 saturated carbocycles. The average Bonchev–Trinajstić information content (AvgIpc) is 2.62. The third kappa shape index (κ3) is 3.66. The Morgan fingerprint density at radius 2 is 2.31 bits per heavy atom. The van der Waals surface area contributed by atoms with Crippen LogP contribution >= 0.6 is 0 Å². The Morgan fingerprint density at radius 1 is 1.62 bits per heavy atom. The second kappa shape index (κ2) is 5.65. The number of nitrogens with zero attached hydrogens (tertiary/aromatic N) is 2. The van der Waals surface area contributed by atoms with Gasteiger partial charge in [0.2, 0.25) is 5.91 Å². The van der Waals surface area contributed by atoms with E-state index in [1.54, 1.807) is 10.9 Å². The highest BCUT2D eigenvalue weighted by atomic mass is 16.2. The van der Waals surface area contributed by atoms with Crippen LogP contribution in [-0.2, 0) is 11.3 Å². The number of aromatic nitrogens is 2. The van der Waals surface area contributed by atoms with E-state index in [4.69, 9.17) is 5.73 Å². The van der Waals surface area contributed by atoms with E-state index < -0.39 is 6.04 Å². The molecular weight excluding hydrogens is 204 g/mol. The number of nitrogens with two attached hydrogens (primary N) is 1. The van der Waals surface area contributed by atoms with E-state index in [0.29, 0.717) is 13.1 Å². The lowest BCUT2D eigenvalue weighted by molar-refractivity contribution is -0.123. The van der Waals surface area contributed by atoms with Gasteiger partial charge < -0.3 is 11.1 Å². The monoisotopic (exact) mass is 224 g/mol. The summed E-state index contributed by atoms with van der Waals surface area (Å²) in [4.78, 5) is 11.5. The van der Waals surface area contributed by atoms with Gasteiger partial charge in [-0.15, -0.1) is 0 Å². The van der Waals surface area contributed by atoms with Crippen LogP contribution in [0, 0.1) is 12.8 Å². The van der Waals surface area contributed by atoms with Gasteiger partial charge in [-0.05, 0) is 18.4 Å². The quantitative estimate of drug-likeness (QED) is 0.755. The first-order valence-corrected chi connectivity index (χ1v) is 5.53.